The SMILES string of the molecule is Cc1cc(Nc2cccc(NC(=O)CCN(C)C3CCN(C)CC3)c2)ncn1. The van der Waals surface area contributed by atoms with E-state index in [1.54, 1.807) is 0 Å². The van der Waals surface area contributed by atoms with Crippen LogP contribution in [0.1, 0.15) is 25.0 Å². The van der Waals surface area contributed by atoms with Crippen LogP contribution in [0.3, 0.4) is 0 Å². The van der Waals surface area contributed by atoms with Gasteiger partial charge in [0.25, 0.3) is 0 Å². The van der Waals surface area contributed by atoms with Crippen molar-refractivity contribution in [2.45, 2.75) is 32.2 Å². The predicted molar refractivity (Wildman–Crippen MR) is 113 cm³/mol. The molecule has 2 aromatic rings. The molecule has 1 saturated heterocycles. The van der Waals surface area contributed by atoms with Gasteiger partial charge in [-0.2, -0.15) is 0 Å². The molecule has 1 aliphatic heterocycles. The molecule has 150 valence electrons. The molecule has 0 unspecified atom stereocenters. The van der Waals surface area contributed by atoms with E-state index in [-0.39, 0.29) is 5.91 Å². The molecule has 1 fully saturated rings. The molecule has 0 saturated carbocycles. The maximum Gasteiger partial charge on any atom is 0.225 e. The van der Waals surface area contributed by atoms with Crippen LogP contribution in [-0.4, -0.2) is 65.4 Å². The zero-order valence-electron chi connectivity index (χ0n) is 17.0. The van der Waals surface area contributed by atoms with Crippen LogP contribution < -0.4 is 10.6 Å². The summed E-state index contributed by atoms with van der Waals surface area (Å²) in [6.07, 6.45) is 4.37. The minimum Gasteiger partial charge on any atom is -0.340 e. The Hall–Kier alpha value is -2.51. The summed E-state index contributed by atoms with van der Waals surface area (Å²) >= 11 is 0. The van der Waals surface area contributed by atoms with Crippen molar-refractivity contribution >= 4 is 23.1 Å². The summed E-state index contributed by atoms with van der Waals surface area (Å²) in [4.78, 5) is 25.4. The maximum absolute atomic E-state index is 12.4. The highest BCUT2D eigenvalue weighted by molar-refractivity contribution is 5.91. The third-order valence-electron chi connectivity index (χ3n) is 5.23. The van der Waals surface area contributed by atoms with Gasteiger partial charge in [0.05, 0.1) is 0 Å². The highest BCUT2D eigenvalue weighted by Gasteiger charge is 2.20. The number of amides is 1. The number of nitrogens with zero attached hydrogens (tertiary/aromatic N) is 4. The second kappa shape index (κ2) is 9.61. The summed E-state index contributed by atoms with van der Waals surface area (Å²) in [5.41, 5.74) is 2.55. The van der Waals surface area contributed by atoms with Crippen LogP contribution in [0.5, 0.6) is 0 Å². The highest BCUT2D eigenvalue weighted by Crippen LogP contribution is 2.19. The largest absolute Gasteiger partial charge is 0.340 e. The summed E-state index contributed by atoms with van der Waals surface area (Å²) in [5.74, 6) is 0.769. The van der Waals surface area contributed by atoms with E-state index in [1.165, 1.54) is 19.2 Å². The Bertz CT molecular complexity index is 788. The van der Waals surface area contributed by atoms with Crippen molar-refractivity contribution in [3.05, 3.63) is 42.4 Å². The Morgan fingerprint density at radius 2 is 1.96 bits per heavy atom. The van der Waals surface area contributed by atoms with Crippen molar-refractivity contribution in [1.82, 2.24) is 19.8 Å². The Labute approximate surface area is 167 Å². The lowest BCUT2D eigenvalue weighted by Crippen LogP contribution is -2.42. The van der Waals surface area contributed by atoms with E-state index in [0.717, 1.165) is 42.5 Å². The molecule has 3 rings (SSSR count). The topological polar surface area (TPSA) is 73.4 Å². The fourth-order valence-corrected chi connectivity index (χ4v) is 3.47. The van der Waals surface area contributed by atoms with E-state index in [0.29, 0.717) is 12.5 Å². The number of rotatable bonds is 7. The molecule has 0 aliphatic carbocycles. The fraction of sp³-hybridized carbons (Fsp3) is 0.476. The van der Waals surface area contributed by atoms with Crippen molar-refractivity contribution in [2.24, 2.45) is 0 Å². The minimum atomic E-state index is 0.0369. The Balaban J connectivity index is 1.48. The Kier molecular flexibility index (Phi) is 6.95. The van der Waals surface area contributed by atoms with Crippen LogP contribution in [0, 0.1) is 6.92 Å². The number of likely N-dealkylation sites (tertiary alicyclic amines) is 1. The van der Waals surface area contributed by atoms with Gasteiger partial charge in [-0.3, -0.25) is 4.79 Å². The van der Waals surface area contributed by atoms with E-state index in [2.05, 4.69) is 44.5 Å². The zero-order chi connectivity index (χ0) is 19.9. The summed E-state index contributed by atoms with van der Waals surface area (Å²) in [6, 6.07) is 10.1. The number of nitrogens with one attached hydrogen (secondary N) is 2. The van der Waals surface area contributed by atoms with Crippen LogP contribution in [0.25, 0.3) is 0 Å². The number of hydrogen-bond acceptors (Lipinski definition) is 6. The predicted octanol–water partition coefficient (Wildman–Crippen LogP) is 2.88. The molecule has 2 heterocycles. The number of carbonyl (C=O) groups excluding carboxylic acids is 1. The van der Waals surface area contributed by atoms with E-state index in [9.17, 15) is 4.79 Å². The minimum absolute atomic E-state index is 0.0369. The van der Waals surface area contributed by atoms with Crippen molar-refractivity contribution < 1.29 is 4.79 Å². The maximum atomic E-state index is 12.4. The van der Waals surface area contributed by atoms with E-state index in [4.69, 9.17) is 0 Å². The van der Waals surface area contributed by atoms with Crippen LogP contribution >= 0.6 is 0 Å². The third-order valence-corrected chi connectivity index (χ3v) is 5.23. The fourth-order valence-electron chi connectivity index (χ4n) is 3.47. The molecule has 7 nitrogen and oxygen atoms in total. The summed E-state index contributed by atoms with van der Waals surface area (Å²) in [7, 11) is 4.29. The lowest BCUT2D eigenvalue weighted by atomic mass is 10.0. The van der Waals surface area contributed by atoms with Gasteiger partial charge < -0.3 is 20.4 Å². The van der Waals surface area contributed by atoms with E-state index < -0.39 is 0 Å². The van der Waals surface area contributed by atoms with Crippen LogP contribution in [0.15, 0.2) is 36.7 Å². The number of anilines is 3. The van der Waals surface area contributed by atoms with Gasteiger partial charge in [-0.1, -0.05) is 6.07 Å². The molecule has 28 heavy (non-hydrogen) atoms. The molecule has 1 aromatic carbocycles. The molecule has 7 heteroatoms. The molecule has 0 atom stereocenters. The lowest BCUT2D eigenvalue weighted by molar-refractivity contribution is -0.116. The van der Waals surface area contributed by atoms with Crippen LogP contribution in [0.4, 0.5) is 17.2 Å². The zero-order valence-corrected chi connectivity index (χ0v) is 17.0. The summed E-state index contributed by atoms with van der Waals surface area (Å²) in [6.45, 7) is 4.96. The number of piperidine rings is 1. The highest BCUT2D eigenvalue weighted by atomic mass is 16.1. The Morgan fingerprint density at radius 1 is 1.21 bits per heavy atom. The first-order valence-corrected chi connectivity index (χ1v) is 9.84. The van der Waals surface area contributed by atoms with Crippen LogP contribution in [-0.2, 0) is 4.79 Å². The average molecular weight is 383 g/mol. The number of aromatic nitrogens is 2. The number of hydrogen-bond donors (Lipinski definition) is 2. The summed E-state index contributed by atoms with van der Waals surface area (Å²) in [5, 5.41) is 6.24. The molecule has 0 radical (unpaired) electrons. The molecular weight excluding hydrogens is 352 g/mol. The van der Waals surface area contributed by atoms with Crippen molar-refractivity contribution in [3.63, 3.8) is 0 Å². The van der Waals surface area contributed by atoms with Crippen molar-refractivity contribution in [3.8, 4) is 0 Å². The Morgan fingerprint density at radius 3 is 2.71 bits per heavy atom. The molecule has 0 spiro atoms. The molecule has 1 aliphatic rings. The third kappa shape index (κ3) is 6.00. The van der Waals surface area contributed by atoms with Gasteiger partial charge in [-0.25, -0.2) is 9.97 Å². The standard InChI is InChI=1S/C21H30N6O/c1-16-13-20(23-15-22-16)24-17-5-4-6-18(14-17)25-21(28)9-12-27(3)19-7-10-26(2)11-8-19/h4-6,13-15,19H,7-12H2,1-3H3,(H,25,28)(H,22,23,24). The first kappa shape index (κ1) is 20.2. The quantitative estimate of drug-likeness (QED) is 0.767. The monoisotopic (exact) mass is 382 g/mol. The number of benzene rings is 1. The number of carbonyl (C=O) groups is 1. The second-order valence-corrected chi connectivity index (χ2v) is 7.56. The van der Waals surface area contributed by atoms with Crippen molar-refractivity contribution in [1.29, 1.82) is 0 Å². The first-order valence-electron chi connectivity index (χ1n) is 9.84. The molecule has 1 amide bonds. The van der Waals surface area contributed by atoms with Crippen LogP contribution in [0.2, 0.25) is 0 Å². The molecule has 1 aromatic heterocycles. The summed E-state index contributed by atoms with van der Waals surface area (Å²) < 4.78 is 0. The van der Waals surface area contributed by atoms with Gasteiger partial charge in [0.1, 0.15) is 12.1 Å². The number of aryl methyl sites for hydroxylation is 1. The average Bonchev–Trinajstić information content (AvgIpc) is 2.67. The van der Waals surface area contributed by atoms with Gasteiger partial charge >= 0.3 is 0 Å². The van der Waals surface area contributed by atoms with Gasteiger partial charge in [0.2, 0.25) is 5.91 Å². The van der Waals surface area contributed by atoms with Crippen molar-refractivity contribution in [2.75, 3.05) is 44.4 Å². The molecule has 2 N–H and O–H groups in total. The van der Waals surface area contributed by atoms with Gasteiger partial charge in [-0.15, -0.1) is 0 Å². The normalized spacial score (nSPS) is 15.6. The molecule has 0 bridgehead atoms. The van der Waals surface area contributed by atoms with E-state index in [1.807, 2.05) is 37.3 Å². The van der Waals surface area contributed by atoms with Gasteiger partial charge in [0, 0.05) is 42.1 Å². The lowest BCUT2D eigenvalue weighted by Gasteiger charge is -2.35. The second-order valence-electron chi connectivity index (χ2n) is 7.56. The smallest absolute Gasteiger partial charge is 0.225 e. The van der Waals surface area contributed by atoms with Gasteiger partial charge in [0.15, 0.2) is 0 Å². The molecular formula is C21H30N6O. The van der Waals surface area contributed by atoms with E-state index >= 15 is 0 Å². The first-order chi connectivity index (χ1) is 13.5. The van der Waals surface area contributed by atoms with Gasteiger partial charge in [-0.05, 0) is 65.1 Å².